The molecule has 0 aliphatic rings. The number of hydrogen-bond donors (Lipinski definition) is 2. The van der Waals surface area contributed by atoms with Crippen molar-refractivity contribution in [2.24, 2.45) is 0 Å². The highest BCUT2D eigenvalue weighted by Crippen LogP contribution is 2.29. The Morgan fingerprint density at radius 3 is 1.24 bits per heavy atom. The first-order chi connectivity index (χ1) is 17.7. The number of phenols is 2. The number of aryl methyl sites for hydroxylation is 2. The predicted octanol–water partition coefficient (Wildman–Crippen LogP) is 1.86. The van der Waals surface area contributed by atoms with Gasteiger partial charge >= 0.3 is 0 Å². The van der Waals surface area contributed by atoms with Crippen molar-refractivity contribution in [1.29, 1.82) is 0 Å². The summed E-state index contributed by atoms with van der Waals surface area (Å²) in [6.45, 7) is 3.62. The normalized spacial score (nSPS) is 12.0. The Hall–Kier alpha value is -3.84. The molecule has 0 saturated heterocycles. The molecule has 4 rings (SSSR count). The van der Waals surface area contributed by atoms with Crippen molar-refractivity contribution < 1.29 is 45.3 Å². The molecule has 0 spiro atoms. The van der Waals surface area contributed by atoms with E-state index in [1.165, 1.54) is 26.0 Å². The molecule has 0 aliphatic heterocycles. The fourth-order valence-electron chi connectivity index (χ4n) is 4.13. The van der Waals surface area contributed by atoms with Crippen molar-refractivity contribution in [2.75, 3.05) is 0 Å². The van der Waals surface area contributed by atoms with Crippen molar-refractivity contribution in [3.05, 3.63) is 95.6 Å². The van der Waals surface area contributed by atoms with E-state index in [0.29, 0.717) is 22.3 Å². The van der Waals surface area contributed by atoms with Gasteiger partial charge in [-0.05, 0) is 60.4 Å². The molecule has 0 radical (unpaired) electrons. The van der Waals surface area contributed by atoms with Gasteiger partial charge in [-0.15, -0.1) is 0 Å². The predicted molar refractivity (Wildman–Crippen MR) is 132 cm³/mol. The summed E-state index contributed by atoms with van der Waals surface area (Å²) in [5.41, 5.74) is 3.48. The number of phenolic OH excluding ortho intramolecular Hbond substituents is 2. The van der Waals surface area contributed by atoms with Crippen LogP contribution < -0.4 is 9.13 Å². The van der Waals surface area contributed by atoms with Gasteiger partial charge < -0.3 is 19.3 Å². The fraction of sp³-hybridized carbons (Fsp3) is 0.154. The molecule has 0 saturated carbocycles. The molecule has 10 nitrogen and oxygen atoms in total. The van der Waals surface area contributed by atoms with Crippen LogP contribution in [0.1, 0.15) is 22.3 Å². The lowest BCUT2D eigenvalue weighted by atomic mass is 10.1. The molecule has 4 aromatic rings. The Morgan fingerprint density at radius 2 is 0.947 bits per heavy atom. The van der Waals surface area contributed by atoms with E-state index in [2.05, 4.69) is 0 Å². The molecule has 0 bridgehead atoms. The van der Waals surface area contributed by atoms with E-state index >= 15 is 0 Å². The first-order valence-electron chi connectivity index (χ1n) is 11.3. The zero-order valence-electron chi connectivity index (χ0n) is 20.4. The van der Waals surface area contributed by atoms with E-state index in [4.69, 9.17) is 0 Å². The summed E-state index contributed by atoms with van der Waals surface area (Å²) in [5.74, 6) is -1.08. The number of aromatic hydroxyl groups is 2. The van der Waals surface area contributed by atoms with Gasteiger partial charge in [0.25, 0.3) is 0 Å². The van der Waals surface area contributed by atoms with Gasteiger partial charge in [0.1, 0.15) is 31.7 Å². The lowest BCUT2D eigenvalue weighted by Gasteiger charge is -2.12. The molecule has 2 heterocycles. The van der Waals surface area contributed by atoms with Crippen molar-refractivity contribution in [3.63, 3.8) is 0 Å². The number of pyridine rings is 2. The van der Waals surface area contributed by atoms with Crippen LogP contribution in [-0.4, -0.2) is 36.2 Å². The second-order valence-electron chi connectivity index (χ2n) is 8.95. The highest BCUT2D eigenvalue weighted by Gasteiger charge is 2.16. The summed E-state index contributed by atoms with van der Waals surface area (Å²) in [6, 6.07) is 13.1. The lowest BCUT2D eigenvalue weighted by molar-refractivity contribution is -0.688. The van der Waals surface area contributed by atoms with Crippen molar-refractivity contribution in [3.8, 4) is 22.6 Å². The third kappa shape index (κ3) is 6.00. The van der Waals surface area contributed by atoms with Gasteiger partial charge in [0, 0.05) is 35.4 Å². The molecule has 0 amide bonds. The van der Waals surface area contributed by atoms with Crippen LogP contribution in [0.4, 0.5) is 0 Å². The fourth-order valence-corrected chi connectivity index (χ4v) is 5.52. The topological polar surface area (TPSA) is 163 Å². The number of nitrogens with zero attached hydrogens (tertiary/aromatic N) is 2. The van der Waals surface area contributed by atoms with Crippen molar-refractivity contribution in [1.82, 2.24) is 0 Å². The Balaban J connectivity index is 1.51. The van der Waals surface area contributed by atoms with E-state index in [9.17, 15) is 36.2 Å². The third-order valence-corrected chi connectivity index (χ3v) is 7.73. The summed E-state index contributed by atoms with van der Waals surface area (Å²) >= 11 is 0. The van der Waals surface area contributed by atoms with Crippen molar-refractivity contribution >= 4 is 20.2 Å². The molecule has 0 unspecified atom stereocenters. The standard InChI is InChI=1S/C26H24N2O8S2/c1-17-11-19(13-23(25(17)29)37(31,32)33)15-27-7-3-21(4-8-27)22-5-9-28(10-6-22)16-20-12-18(2)26(30)24(14-20)38(34,35)36/h3-14H,15-16H2,1-2H3,(H2-2,29,30,31,32,33,34,35,36). The largest absolute Gasteiger partial charge is 0.744 e. The molecule has 2 aromatic heterocycles. The smallest absolute Gasteiger partial charge is 0.173 e. The van der Waals surface area contributed by atoms with E-state index in [-0.39, 0.29) is 13.1 Å². The van der Waals surface area contributed by atoms with Gasteiger partial charge in [-0.25, -0.2) is 26.0 Å². The quantitative estimate of drug-likeness (QED) is 0.257. The zero-order chi connectivity index (χ0) is 27.8. The molecule has 2 N–H and O–H groups in total. The number of benzene rings is 2. The minimum Gasteiger partial charge on any atom is -0.744 e. The molecule has 198 valence electrons. The zero-order valence-corrected chi connectivity index (χ0v) is 22.0. The Bertz CT molecular complexity index is 1600. The van der Waals surface area contributed by atoms with Gasteiger partial charge in [0.05, 0.1) is 9.79 Å². The molecular formula is C26H24N2O8S2. The molecule has 0 atom stereocenters. The third-order valence-electron chi connectivity index (χ3n) is 6.04. The summed E-state index contributed by atoms with van der Waals surface area (Å²) in [5, 5.41) is 19.8. The Kier molecular flexibility index (Phi) is 7.26. The van der Waals surface area contributed by atoms with Crippen LogP contribution in [-0.2, 0) is 33.3 Å². The summed E-state index contributed by atoms with van der Waals surface area (Å²) in [6.07, 6.45) is 7.20. The maximum Gasteiger partial charge on any atom is 0.173 e. The SMILES string of the molecule is Cc1cc(C[n+]2ccc(-c3cc[n+](Cc4cc(C)c(O)c(S(=O)(=O)[O-])c4)cc3)cc2)cc(S(=O)(=O)[O-])c1O. The average molecular weight is 557 g/mol. The molecule has 38 heavy (non-hydrogen) atoms. The minimum atomic E-state index is -4.81. The van der Waals surface area contributed by atoms with E-state index < -0.39 is 41.5 Å². The summed E-state index contributed by atoms with van der Waals surface area (Å²) in [4.78, 5) is -1.29. The second kappa shape index (κ2) is 10.1. The minimum absolute atomic E-state index is 0.284. The second-order valence-corrected chi connectivity index (χ2v) is 11.6. The van der Waals surface area contributed by atoms with Crippen LogP contribution in [0.5, 0.6) is 11.5 Å². The molecule has 0 aliphatic carbocycles. The highest BCUT2D eigenvalue weighted by molar-refractivity contribution is 7.86. The Morgan fingerprint density at radius 1 is 0.632 bits per heavy atom. The van der Waals surface area contributed by atoms with Crippen LogP contribution in [0.2, 0.25) is 0 Å². The average Bonchev–Trinajstić information content (AvgIpc) is 2.83. The maximum atomic E-state index is 11.5. The molecular weight excluding hydrogens is 532 g/mol. The van der Waals surface area contributed by atoms with E-state index in [1.807, 2.05) is 24.3 Å². The first kappa shape index (κ1) is 27.2. The van der Waals surface area contributed by atoms with Gasteiger partial charge in [-0.1, -0.05) is 0 Å². The number of rotatable bonds is 7. The highest BCUT2D eigenvalue weighted by atomic mass is 32.2. The van der Waals surface area contributed by atoms with E-state index in [1.54, 1.807) is 46.1 Å². The van der Waals surface area contributed by atoms with Gasteiger partial charge in [-0.2, -0.15) is 0 Å². The van der Waals surface area contributed by atoms with Crippen molar-refractivity contribution in [2.45, 2.75) is 36.7 Å². The Labute approximate surface area is 220 Å². The van der Waals surface area contributed by atoms with E-state index in [0.717, 1.165) is 11.1 Å². The van der Waals surface area contributed by atoms with Gasteiger partial charge in [-0.3, -0.25) is 0 Å². The van der Waals surface area contributed by atoms with Gasteiger partial charge in [0.2, 0.25) is 0 Å². The first-order valence-corrected chi connectivity index (χ1v) is 14.1. The summed E-state index contributed by atoms with van der Waals surface area (Å²) < 4.78 is 72.3. The van der Waals surface area contributed by atoms with Gasteiger partial charge in [0.15, 0.2) is 37.9 Å². The number of hydrogen-bond acceptors (Lipinski definition) is 8. The lowest BCUT2D eigenvalue weighted by Crippen LogP contribution is -2.33. The summed E-state index contributed by atoms with van der Waals surface area (Å²) in [7, 11) is -9.63. The molecule has 2 aromatic carbocycles. The maximum absolute atomic E-state index is 11.5. The van der Waals surface area contributed by atoms with Crippen LogP contribution in [0, 0.1) is 13.8 Å². The van der Waals surface area contributed by atoms with Crippen LogP contribution in [0.15, 0.2) is 83.1 Å². The molecule has 12 heteroatoms. The van der Waals surface area contributed by atoms with Crippen LogP contribution in [0.3, 0.4) is 0 Å². The number of aromatic nitrogens is 2. The monoisotopic (exact) mass is 556 g/mol. The van der Waals surface area contributed by atoms with Crippen LogP contribution in [0.25, 0.3) is 11.1 Å². The molecule has 0 fully saturated rings. The van der Waals surface area contributed by atoms with Crippen LogP contribution >= 0.6 is 0 Å².